The average Bonchev–Trinajstić information content (AvgIpc) is 2.56. The van der Waals surface area contributed by atoms with Crippen molar-refractivity contribution in [3.8, 4) is 34.1 Å². The maximum Gasteiger partial charge on any atom is 0.181 e. The molecule has 1 aromatic heterocycles. The first kappa shape index (κ1) is 13.1. The number of nitrogens with zero attached hydrogens (tertiary/aromatic N) is 3. The van der Waals surface area contributed by atoms with Gasteiger partial charge in [-0.15, -0.1) is 10.2 Å². The minimum Gasteiger partial charge on any atom is -0.508 e. The van der Waals surface area contributed by atoms with Crippen molar-refractivity contribution in [2.24, 2.45) is 0 Å². The van der Waals surface area contributed by atoms with E-state index in [0.29, 0.717) is 11.5 Å². The van der Waals surface area contributed by atoms with Crippen LogP contribution in [0, 0.1) is 0 Å². The minimum atomic E-state index is 0.217. The van der Waals surface area contributed by atoms with Crippen molar-refractivity contribution in [2.75, 3.05) is 7.11 Å². The van der Waals surface area contributed by atoms with Crippen LogP contribution in [0.4, 0.5) is 0 Å². The van der Waals surface area contributed by atoms with E-state index in [1.807, 2.05) is 24.3 Å². The van der Waals surface area contributed by atoms with Gasteiger partial charge in [0.15, 0.2) is 5.82 Å². The van der Waals surface area contributed by atoms with Gasteiger partial charge in [0, 0.05) is 11.1 Å². The predicted molar refractivity (Wildman–Crippen MR) is 78.9 cm³/mol. The van der Waals surface area contributed by atoms with Gasteiger partial charge in [-0.1, -0.05) is 0 Å². The summed E-state index contributed by atoms with van der Waals surface area (Å²) in [6, 6.07) is 14.2. The van der Waals surface area contributed by atoms with E-state index in [2.05, 4.69) is 15.2 Å². The molecule has 3 rings (SSSR count). The molecule has 0 aliphatic carbocycles. The second-order valence-electron chi connectivity index (χ2n) is 4.44. The minimum absolute atomic E-state index is 0.217. The van der Waals surface area contributed by atoms with Crippen LogP contribution in [0.2, 0.25) is 0 Å². The first-order chi connectivity index (χ1) is 10.3. The summed E-state index contributed by atoms with van der Waals surface area (Å²) < 4.78 is 5.11. The Hall–Kier alpha value is -2.95. The van der Waals surface area contributed by atoms with Crippen LogP contribution < -0.4 is 4.74 Å². The average molecular weight is 279 g/mol. The van der Waals surface area contributed by atoms with Crippen LogP contribution in [-0.2, 0) is 0 Å². The molecule has 0 saturated carbocycles. The monoisotopic (exact) mass is 279 g/mol. The maximum absolute atomic E-state index is 9.28. The number of aromatic nitrogens is 3. The van der Waals surface area contributed by atoms with Crippen LogP contribution in [0.15, 0.2) is 54.7 Å². The van der Waals surface area contributed by atoms with Gasteiger partial charge in [-0.25, -0.2) is 4.98 Å². The lowest BCUT2D eigenvalue weighted by atomic mass is 10.1. The summed E-state index contributed by atoms with van der Waals surface area (Å²) in [6.45, 7) is 0. The molecule has 0 fully saturated rings. The molecule has 21 heavy (non-hydrogen) atoms. The molecule has 0 unspecified atom stereocenters. The molecule has 0 bridgehead atoms. The van der Waals surface area contributed by atoms with Crippen LogP contribution >= 0.6 is 0 Å². The molecule has 0 spiro atoms. The summed E-state index contributed by atoms with van der Waals surface area (Å²) in [5, 5.41) is 17.6. The molecule has 5 heteroatoms. The number of hydrogen-bond donors (Lipinski definition) is 1. The van der Waals surface area contributed by atoms with Crippen molar-refractivity contribution in [3.05, 3.63) is 54.7 Å². The van der Waals surface area contributed by atoms with Crippen molar-refractivity contribution in [3.63, 3.8) is 0 Å². The van der Waals surface area contributed by atoms with Crippen molar-refractivity contribution in [2.45, 2.75) is 0 Å². The molecular weight excluding hydrogens is 266 g/mol. The molecule has 3 aromatic rings. The Morgan fingerprint density at radius 1 is 0.857 bits per heavy atom. The van der Waals surface area contributed by atoms with E-state index in [0.717, 1.165) is 16.9 Å². The van der Waals surface area contributed by atoms with E-state index in [1.54, 1.807) is 37.6 Å². The van der Waals surface area contributed by atoms with Gasteiger partial charge in [-0.3, -0.25) is 0 Å². The van der Waals surface area contributed by atoms with Crippen LogP contribution in [-0.4, -0.2) is 27.4 Å². The number of phenols is 1. The Morgan fingerprint density at radius 2 is 1.52 bits per heavy atom. The zero-order valence-electron chi connectivity index (χ0n) is 11.4. The molecule has 0 saturated heterocycles. The number of methoxy groups -OCH3 is 1. The first-order valence-corrected chi connectivity index (χ1v) is 6.40. The fourth-order valence-electron chi connectivity index (χ4n) is 1.91. The van der Waals surface area contributed by atoms with Gasteiger partial charge in [0.2, 0.25) is 0 Å². The van der Waals surface area contributed by atoms with E-state index >= 15 is 0 Å². The summed E-state index contributed by atoms with van der Waals surface area (Å²) >= 11 is 0. The van der Waals surface area contributed by atoms with Crippen LogP contribution in [0.5, 0.6) is 11.5 Å². The standard InChI is InChI=1S/C16H13N3O2/c1-21-14-8-4-12(5-9-14)16-17-10-15(18-19-16)11-2-6-13(20)7-3-11/h2-10,20H,1H3. The molecule has 0 aliphatic rings. The lowest BCUT2D eigenvalue weighted by Crippen LogP contribution is -1.94. The summed E-state index contributed by atoms with van der Waals surface area (Å²) in [6.07, 6.45) is 1.67. The van der Waals surface area contributed by atoms with E-state index < -0.39 is 0 Å². The largest absolute Gasteiger partial charge is 0.508 e. The lowest BCUT2D eigenvalue weighted by molar-refractivity contribution is 0.415. The number of hydrogen-bond acceptors (Lipinski definition) is 5. The van der Waals surface area contributed by atoms with E-state index in [9.17, 15) is 5.11 Å². The third-order valence-electron chi connectivity index (χ3n) is 3.07. The quantitative estimate of drug-likeness (QED) is 0.798. The Labute approximate surface area is 121 Å². The zero-order chi connectivity index (χ0) is 14.7. The molecule has 0 aliphatic heterocycles. The van der Waals surface area contributed by atoms with Gasteiger partial charge in [0.1, 0.15) is 17.2 Å². The van der Waals surface area contributed by atoms with Crippen molar-refractivity contribution >= 4 is 0 Å². The van der Waals surface area contributed by atoms with Gasteiger partial charge < -0.3 is 9.84 Å². The molecule has 0 radical (unpaired) electrons. The highest BCUT2D eigenvalue weighted by molar-refractivity contribution is 5.61. The third kappa shape index (κ3) is 2.81. The summed E-state index contributed by atoms with van der Waals surface area (Å²) in [5.41, 5.74) is 2.39. The lowest BCUT2D eigenvalue weighted by Gasteiger charge is -2.03. The van der Waals surface area contributed by atoms with E-state index in [4.69, 9.17) is 4.74 Å². The molecule has 2 aromatic carbocycles. The topological polar surface area (TPSA) is 68.1 Å². The number of rotatable bonds is 3. The Kier molecular flexibility index (Phi) is 3.47. The third-order valence-corrected chi connectivity index (χ3v) is 3.07. The Morgan fingerprint density at radius 3 is 2.10 bits per heavy atom. The highest BCUT2D eigenvalue weighted by Gasteiger charge is 2.05. The highest BCUT2D eigenvalue weighted by Crippen LogP contribution is 2.21. The van der Waals surface area contributed by atoms with Gasteiger partial charge in [0.25, 0.3) is 0 Å². The summed E-state index contributed by atoms with van der Waals surface area (Å²) in [7, 11) is 1.62. The smallest absolute Gasteiger partial charge is 0.181 e. The van der Waals surface area contributed by atoms with Gasteiger partial charge in [-0.05, 0) is 48.5 Å². The van der Waals surface area contributed by atoms with E-state index in [1.165, 1.54) is 0 Å². The highest BCUT2D eigenvalue weighted by atomic mass is 16.5. The summed E-state index contributed by atoms with van der Waals surface area (Å²) in [4.78, 5) is 4.33. The number of aromatic hydroxyl groups is 1. The van der Waals surface area contributed by atoms with Crippen LogP contribution in [0.25, 0.3) is 22.6 Å². The van der Waals surface area contributed by atoms with E-state index in [-0.39, 0.29) is 5.75 Å². The SMILES string of the molecule is COc1ccc(-c2ncc(-c3ccc(O)cc3)nn2)cc1. The molecule has 5 nitrogen and oxygen atoms in total. The first-order valence-electron chi connectivity index (χ1n) is 6.40. The Bertz CT molecular complexity index is 723. The predicted octanol–water partition coefficient (Wildman–Crippen LogP) is 2.92. The fraction of sp³-hybridized carbons (Fsp3) is 0.0625. The van der Waals surface area contributed by atoms with Gasteiger partial charge in [-0.2, -0.15) is 0 Å². The molecule has 0 atom stereocenters. The van der Waals surface area contributed by atoms with Crippen molar-refractivity contribution < 1.29 is 9.84 Å². The second kappa shape index (κ2) is 5.58. The molecule has 0 amide bonds. The summed E-state index contributed by atoms with van der Waals surface area (Å²) in [5.74, 6) is 1.56. The van der Waals surface area contributed by atoms with Gasteiger partial charge >= 0.3 is 0 Å². The van der Waals surface area contributed by atoms with Crippen LogP contribution in [0.1, 0.15) is 0 Å². The maximum atomic E-state index is 9.28. The molecule has 1 N–H and O–H groups in total. The fourth-order valence-corrected chi connectivity index (χ4v) is 1.91. The number of phenolic OH excluding ortho intramolecular Hbond substituents is 1. The Balaban J connectivity index is 1.87. The van der Waals surface area contributed by atoms with Crippen LogP contribution in [0.3, 0.4) is 0 Å². The van der Waals surface area contributed by atoms with Gasteiger partial charge in [0.05, 0.1) is 13.3 Å². The normalized spacial score (nSPS) is 10.3. The number of ether oxygens (including phenoxy) is 1. The molecule has 1 heterocycles. The molecular formula is C16H13N3O2. The molecule has 104 valence electrons. The van der Waals surface area contributed by atoms with Crippen molar-refractivity contribution in [1.82, 2.24) is 15.2 Å². The zero-order valence-corrected chi connectivity index (χ0v) is 11.4. The van der Waals surface area contributed by atoms with Crippen molar-refractivity contribution in [1.29, 1.82) is 0 Å². The number of benzene rings is 2. The second-order valence-corrected chi connectivity index (χ2v) is 4.44.